The van der Waals surface area contributed by atoms with Gasteiger partial charge in [-0.3, -0.25) is 14.6 Å². The van der Waals surface area contributed by atoms with Crippen LogP contribution in [0.25, 0.3) is 0 Å². The summed E-state index contributed by atoms with van der Waals surface area (Å²) in [5, 5.41) is 2.80. The SMILES string of the molecule is Cc1cc(C)c(CNC(=O)c2cc(Br)nc3c2C=NC3)c(=O)[nH]1. The molecule has 7 heteroatoms. The zero-order chi connectivity index (χ0) is 16.6. The van der Waals surface area contributed by atoms with Gasteiger partial charge in [0.05, 0.1) is 17.8 Å². The molecule has 0 saturated carbocycles. The highest BCUT2D eigenvalue weighted by atomic mass is 79.9. The minimum absolute atomic E-state index is 0.173. The van der Waals surface area contributed by atoms with Crippen molar-refractivity contribution in [2.45, 2.75) is 26.9 Å². The highest BCUT2D eigenvalue weighted by Crippen LogP contribution is 2.21. The number of hydrogen-bond acceptors (Lipinski definition) is 4. The van der Waals surface area contributed by atoms with Crippen LogP contribution in [-0.2, 0) is 13.1 Å². The summed E-state index contributed by atoms with van der Waals surface area (Å²) < 4.78 is 0.594. The van der Waals surface area contributed by atoms with Crippen molar-refractivity contribution < 1.29 is 4.79 Å². The third-order valence-corrected chi connectivity index (χ3v) is 4.14. The normalized spacial score (nSPS) is 12.3. The summed E-state index contributed by atoms with van der Waals surface area (Å²) in [6, 6.07) is 3.55. The molecule has 0 bridgehead atoms. The first-order chi connectivity index (χ1) is 11.0. The van der Waals surface area contributed by atoms with E-state index >= 15 is 0 Å². The number of amides is 1. The van der Waals surface area contributed by atoms with E-state index in [0.29, 0.717) is 22.3 Å². The second-order valence-corrected chi connectivity index (χ2v) is 6.26. The van der Waals surface area contributed by atoms with Crippen LogP contribution in [0, 0.1) is 13.8 Å². The van der Waals surface area contributed by atoms with Crippen LogP contribution in [0.1, 0.15) is 38.4 Å². The van der Waals surface area contributed by atoms with E-state index in [1.807, 2.05) is 19.9 Å². The predicted octanol–water partition coefficient (Wildman–Crippen LogP) is 2.01. The molecular weight excluding hydrogens is 360 g/mol. The lowest BCUT2D eigenvalue weighted by atomic mass is 10.1. The fraction of sp³-hybridized carbons (Fsp3) is 0.250. The van der Waals surface area contributed by atoms with Gasteiger partial charge in [-0.15, -0.1) is 0 Å². The molecule has 0 aliphatic carbocycles. The lowest BCUT2D eigenvalue weighted by molar-refractivity contribution is 0.0950. The van der Waals surface area contributed by atoms with Crippen molar-refractivity contribution in [3.63, 3.8) is 0 Å². The van der Waals surface area contributed by atoms with Crippen molar-refractivity contribution in [3.8, 4) is 0 Å². The van der Waals surface area contributed by atoms with Gasteiger partial charge in [0, 0.05) is 29.6 Å². The van der Waals surface area contributed by atoms with Crippen molar-refractivity contribution in [3.05, 3.63) is 60.7 Å². The first kappa shape index (κ1) is 15.6. The molecular formula is C16H15BrN4O2. The minimum atomic E-state index is -0.253. The van der Waals surface area contributed by atoms with Crippen LogP contribution in [-0.4, -0.2) is 22.1 Å². The Hall–Kier alpha value is -2.28. The second kappa shape index (κ2) is 6.08. The maximum Gasteiger partial charge on any atom is 0.253 e. The summed E-state index contributed by atoms with van der Waals surface area (Å²) in [5.41, 5.74) is 4.05. The fourth-order valence-electron chi connectivity index (χ4n) is 2.61. The molecule has 0 radical (unpaired) electrons. The zero-order valence-corrected chi connectivity index (χ0v) is 14.3. The van der Waals surface area contributed by atoms with E-state index in [-0.39, 0.29) is 18.0 Å². The maximum absolute atomic E-state index is 12.5. The number of fused-ring (bicyclic) bond motifs is 1. The number of aromatic amines is 1. The smallest absolute Gasteiger partial charge is 0.253 e. The Kier molecular flexibility index (Phi) is 4.12. The number of nitrogens with one attached hydrogen (secondary N) is 2. The van der Waals surface area contributed by atoms with E-state index < -0.39 is 0 Å². The Labute approximate surface area is 141 Å². The average Bonchev–Trinajstić information content (AvgIpc) is 2.92. The van der Waals surface area contributed by atoms with Gasteiger partial charge in [0.1, 0.15) is 4.60 Å². The molecule has 0 fully saturated rings. The van der Waals surface area contributed by atoms with E-state index in [2.05, 4.69) is 36.2 Å². The minimum Gasteiger partial charge on any atom is -0.348 e. The monoisotopic (exact) mass is 374 g/mol. The molecule has 23 heavy (non-hydrogen) atoms. The Morgan fingerprint density at radius 2 is 2.17 bits per heavy atom. The summed E-state index contributed by atoms with van der Waals surface area (Å²) in [6.45, 7) is 4.34. The van der Waals surface area contributed by atoms with Crippen LogP contribution >= 0.6 is 15.9 Å². The van der Waals surface area contributed by atoms with E-state index in [9.17, 15) is 9.59 Å². The Morgan fingerprint density at radius 3 is 2.91 bits per heavy atom. The lowest BCUT2D eigenvalue weighted by Crippen LogP contribution is -2.28. The van der Waals surface area contributed by atoms with Crippen LogP contribution in [0.2, 0.25) is 0 Å². The summed E-state index contributed by atoms with van der Waals surface area (Å²) in [7, 11) is 0. The van der Waals surface area contributed by atoms with Crippen molar-refractivity contribution in [1.82, 2.24) is 15.3 Å². The predicted molar refractivity (Wildman–Crippen MR) is 90.9 cm³/mol. The molecule has 2 aromatic heterocycles. The van der Waals surface area contributed by atoms with Gasteiger partial charge in [0.15, 0.2) is 0 Å². The average molecular weight is 375 g/mol. The molecule has 0 atom stereocenters. The number of aromatic nitrogens is 2. The van der Waals surface area contributed by atoms with Gasteiger partial charge in [-0.05, 0) is 47.5 Å². The van der Waals surface area contributed by atoms with Gasteiger partial charge >= 0.3 is 0 Å². The van der Waals surface area contributed by atoms with E-state index in [1.165, 1.54) is 0 Å². The van der Waals surface area contributed by atoms with Gasteiger partial charge < -0.3 is 10.3 Å². The summed E-state index contributed by atoms with van der Waals surface area (Å²) in [6.07, 6.45) is 1.66. The number of nitrogens with zero attached hydrogens (tertiary/aromatic N) is 2. The molecule has 6 nitrogen and oxygen atoms in total. The third-order valence-electron chi connectivity index (χ3n) is 3.73. The van der Waals surface area contributed by atoms with E-state index in [0.717, 1.165) is 22.5 Å². The molecule has 0 unspecified atom stereocenters. The lowest BCUT2D eigenvalue weighted by Gasteiger charge is -2.10. The molecule has 118 valence electrons. The number of hydrogen-bond donors (Lipinski definition) is 2. The van der Waals surface area contributed by atoms with E-state index in [1.54, 1.807) is 12.3 Å². The maximum atomic E-state index is 12.5. The van der Waals surface area contributed by atoms with Crippen molar-refractivity contribution in [1.29, 1.82) is 0 Å². The van der Waals surface area contributed by atoms with Crippen LogP contribution in [0.3, 0.4) is 0 Å². The number of aliphatic imine (C=N–C) groups is 1. The Balaban J connectivity index is 1.84. The Morgan fingerprint density at radius 1 is 1.39 bits per heavy atom. The second-order valence-electron chi connectivity index (χ2n) is 5.45. The van der Waals surface area contributed by atoms with Crippen LogP contribution in [0.5, 0.6) is 0 Å². The first-order valence-electron chi connectivity index (χ1n) is 7.12. The molecule has 1 amide bonds. The molecule has 0 aromatic carbocycles. The van der Waals surface area contributed by atoms with Crippen molar-refractivity contribution in [2.75, 3.05) is 0 Å². The molecule has 3 heterocycles. The van der Waals surface area contributed by atoms with Gasteiger partial charge in [-0.2, -0.15) is 0 Å². The molecule has 0 saturated heterocycles. The van der Waals surface area contributed by atoms with Crippen LogP contribution < -0.4 is 10.9 Å². The van der Waals surface area contributed by atoms with Gasteiger partial charge in [-0.1, -0.05) is 0 Å². The summed E-state index contributed by atoms with van der Waals surface area (Å²) in [4.78, 5) is 35.7. The van der Waals surface area contributed by atoms with Gasteiger partial charge in [-0.25, -0.2) is 4.98 Å². The largest absolute Gasteiger partial charge is 0.348 e. The quantitative estimate of drug-likeness (QED) is 0.805. The zero-order valence-electron chi connectivity index (χ0n) is 12.7. The number of pyridine rings is 2. The highest BCUT2D eigenvalue weighted by molar-refractivity contribution is 9.10. The number of rotatable bonds is 3. The molecule has 2 aromatic rings. The van der Waals surface area contributed by atoms with E-state index in [4.69, 9.17) is 0 Å². The molecule has 3 rings (SSSR count). The summed E-state index contributed by atoms with van der Waals surface area (Å²) in [5.74, 6) is -0.253. The molecule has 0 spiro atoms. The highest BCUT2D eigenvalue weighted by Gasteiger charge is 2.19. The summed E-state index contributed by atoms with van der Waals surface area (Å²) >= 11 is 3.31. The van der Waals surface area contributed by atoms with Gasteiger partial charge in [0.2, 0.25) is 0 Å². The van der Waals surface area contributed by atoms with Crippen molar-refractivity contribution >= 4 is 28.1 Å². The Bertz CT molecular complexity index is 886. The number of halogens is 1. The number of carbonyl (C=O) groups excluding carboxylic acids is 1. The number of aryl methyl sites for hydroxylation is 2. The standard InChI is InChI=1S/C16H15BrN4O2/c1-8-3-9(2)20-16(23)11(8)6-19-15(22)10-4-14(17)21-13-7-18-5-12(10)13/h3-5H,6-7H2,1-2H3,(H,19,22)(H,20,23). The topological polar surface area (TPSA) is 87.2 Å². The van der Waals surface area contributed by atoms with Crippen LogP contribution in [0.4, 0.5) is 0 Å². The third kappa shape index (κ3) is 3.10. The molecule has 1 aliphatic heterocycles. The molecule has 1 aliphatic rings. The number of carbonyl (C=O) groups is 1. The first-order valence-corrected chi connectivity index (χ1v) is 7.92. The van der Waals surface area contributed by atoms with Crippen LogP contribution in [0.15, 0.2) is 26.5 Å². The number of H-pyrrole nitrogens is 1. The van der Waals surface area contributed by atoms with Gasteiger partial charge in [0.25, 0.3) is 11.5 Å². The van der Waals surface area contributed by atoms with Crippen molar-refractivity contribution in [2.24, 2.45) is 4.99 Å². The molecule has 2 N–H and O–H groups in total. The fourth-order valence-corrected chi connectivity index (χ4v) is 3.06.